The molecule has 0 spiro atoms. The van der Waals surface area contributed by atoms with Crippen LogP contribution in [0.15, 0.2) is 279 Å². The zero-order valence-corrected chi connectivity index (χ0v) is 48.1. The summed E-state index contributed by atoms with van der Waals surface area (Å²) in [5.41, 5.74) is 28.8. The van der Waals surface area contributed by atoms with Crippen LogP contribution in [0.1, 0.15) is 51.7 Å². The molecule has 0 atom stereocenters. The lowest BCUT2D eigenvalue weighted by Crippen LogP contribution is -2.61. The number of aromatic nitrogens is 1. The quantitative estimate of drug-likeness (QED) is 0.120. The summed E-state index contributed by atoms with van der Waals surface area (Å²) in [6.07, 6.45) is 3.07. The molecule has 0 bridgehead atoms. The Balaban J connectivity index is 1.12. The summed E-state index contributed by atoms with van der Waals surface area (Å²) in [7, 11) is 0. The summed E-state index contributed by atoms with van der Waals surface area (Å²) in [6, 6.07) is 105. The number of fused-ring (bicyclic) bond motifs is 7. The molecule has 0 saturated carbocycles. The first-order valence-electron chi connectivity index (χ1n) is 29.9. The van der Waals surface area contributed by atoms with Crippen molar-refractivity contribution < 1.29 is 0 Å². The van der Waals surface area contributed by atoms with Crippen LogP contribution in [0.25, 0.3) is 83.1 Å². The SMILES string of the molecule is CCCCc1cc(-c2ccccc2)cc(-c2ccccc2)c1N1c2ccc(-c3ccccc3)cc2B2c3ccc(-n4c5ccccc5c5ccccc54)cc3N(c3c(-c4ccccc4)cccc3-c3ccccc3)c3cc(C(C)(C)C)cc1c32. The zero-order chi connectivity index (χ0) is 56.5. The number of rotatable bonds is 11. The van der Waals surface area contributed by atoms with Crippen LogP contribution >= 0.6 is 0 Å². The second-order valence-corrected chi connectivity index (χ2v) is 23.8. The van der Waals surface area contributed by atoms with E-state index < -0.39 is 0 Å². The molecule has 3 nitrogen and oxygen atoms in total. The summed E-state index contributed by atoms with van der Waals surface area (Å²) < 4.78 is 2.49. The maximum absolute atomic E-state index is 2.72. The van der Waals surface area contributed by atoms with Crippen LogP contribution in [0.5, 0.6) is 0 Å². The van der Waals surface area contributed by atoms with Gasteiger partial charge in [-0.05, 0) is 139 Å². The van der Waals surface area contributed by atoms with Crippen molar-refractivity contribution in [1.29, 1.82) is 0 Å². The van der Waals surface area contributed by atoms with Gasteiger partial charge >= 0.3 is 0 Å². The van der Waals surface area contributed by atoms with Crippen LogP contribution in [0.2, 0.25) is 0 Å². The maximum Gasteiger partial charge on any atom is 0.252 e. The van der Waals surface area contributed by atoms with E-state index >= 15 is 0 Å². The van der Waals surface area contributed by atoms with E-state index in [4.69, 9.17) is 0 Å². The smallest absolute Gasteiger partial charge is 0.252 e. The van der Waals surface area contributed by atoms with Crippen LogP contribution in [0, 0.1) is 0 Å². The third kappa shape index (κ3) is 8.58. The minimum atomic E-state index is -0.243. The van der Waals surface area contributed by atoms with E-state index in [1.54, 1.807) is 0 Å². The lowest BCUT2D eigenvalue weighted by Gasteiger charge is -2.46. The molecule has 84 heavy (non-hydrogen) atoms. The average Bonchev–Trinajstić information content (AvgIpc) is 0.826. The highest BCUT2D eigenvalue weighted by molar-refractivity contribution is 7.00. The number of unbranched alkanes of at least 4 members (excludes halogenated alkanes) is 1. The Morgan fingerprint density at radius 3 is 1.40 bits per heavy atom. The molecular weight excluding hydrogens is 1010 g/mol. The third-order valence-electron chi connectivity index (χ3n) is 17.7. The fourth-order valence-electron chi connectivity index (χ4n) is 13.7. The van der Waals surface area contributed by atoms with Crippen LogP contribution in [0.3, 0.4) is 0 Å². The molecule has 0 radical (unpaired) electrons. The first kappa shape index (κ1) is 51.0. The second kappa shape index (κ2) is 20.8. The van der Waals surface area contributed by atoms with Crippen molar-refractivity contribution in [3.63, 3.8) is 0 Å². The largest absolute Gasteiger partial charge is 0.311 e. The molecule has 0 unspecified atom stereocenters. The van der Waals surface area contributed by atoms with Crippen molar-refractivity contribution in [2.45, 2.75) is 52.4 Å². The van der Waals surface area contributed by atoms with Gasteiger partial charge in [-0.25, -0.2) is 0 Å². The highest BCUT2D eigenvalue weighted by Crippen LogP contribution is 2.53. The molecule has 2 aliphatic heterocycles. The molecule has 2 aliphatic rings. The van der Waals surface area contributed by atoms with Crippen LogP contribution < -0.4 is 26.2 Å². The zero-order valence-electron chi connectivity index (χ0n) is 48.1. The molecule has 402 valence electrons. The Morgan fingerprint density at radius 2 is 0.857 bits per heavy atom. The van der Waals surface area contributed by atoms with Gasteiger partial charge in [0.1, 0.15) is 0 Å². The van der Waals surface area contributed by atoms with Gasteiger partial charge in [0, 0.05) is 55.9 Å². The third-order valence-corrected chi connectivity index (χ3v) is 17.7. The van der Waals surface area contributed by atoms with Gasteiger partial charge in [0.2, 0.25) is 0 Å². The van der Waals surface area contributed by atoms with Crippen LogP contribution in [-0.4, -0.2) is 11.3 Å². The molecule has 0 saturated heterocycles. The van der Waals surface area contributed by atoms with E-state index in [1.165, 1.54) is 128 Å². The van der Waals surface area contributed by atoms with Crippen LogP contribution in [0.4, 0.5) is 34.1 Å². The Morgan fingerprint density at radius 1 is 0.357 bits per heavy atom. The fraction of sp³-hybridized carbons (Fsp3) is 0.100. The predicted octanol–water partition coefficient (Wildman–Crippen LogP) is 19.8. The van der Waals surface area contributed by atoms with Gasteiger partial charge in [0.05, 0.1) is 22.4 Å². The van der Waals surface area contributed by atoms with Crippen LogP contribution in [-0.2, 0) is 11.8 Å². The van der Waals surface area contributed by atoms with Crippen molar-refractivity contribution in [2.24, 2.45) is 0 Å². The minimum absolute atomic E-state index is 0.149. The summed E-state index contributed by atoms with van der Waals surface area (Å²) in [4.78, 5) is 5.41. The Kier molecular flexibility index (Phi) is 12.6. The molecule has 0 amide bonds. The lowest BCUT2D eigenvalue weighted by molar-refractivity contribution is 0.590. The highest BCUT2D eigenvalue weighted by Gasteiger charge is 2.46. The van der Waals surface area contributed by atoms with Gasteiger partial charge in [0.25, 0.3) is 6.71 Å². The standard InChI is InChI=1S/C80H64BN3/c1-5-6-27-60-48-61(55-30-14-8-15-31-55)49-68(58-36-20-11-21-37-58)78(60)83-73-47-44-59(54-28-12-7-13-29-54)50-70(73)81-69-46-45-63(82-71-42-24-22-38-66(71)67-39-23-25-43-72(67)82)53-74(69)84(76-52-62(80(2,3)4)51-75(83)77(76)81)79-64(56-32-16-9-17-33-56)40-26-41-65(79)57-34-18-10-19-35-57/h7-26,28-53H,5-6,27H2,1-4H3. The van der Waals surface area contributed by atoms with E-state index in [9.17, 15) is 0 Å². The second-order valence-electron chi connectivity index (χ2n) is 23.8. The summed E-state index contributed by atoms with van der Waals surface area (Å²) in [6.45, 7) is 9.33. The van der Waals surface area contributed by atoms with E-state index in [2.05, 4.69) is 321 Å². The number of nitrogens with zero attached hydrogens (tertiary/aromatic N) is 3. The lowest BCUT2D eigenvalue weighted by atomic mass is 9.33. The molecular formula is C80H64BN3. The summed E-state index contributed by atoms with van der Waals surface area (Å²) in [5.74, 6) is 0. The molecule has 12 aromatic carbocycles. The van der Waals surface area contributed by atoms with Gasteiger partial charge in [-0.15, -0.1) is 0 Å². The van der Waals surface area contributed by atoms with Crippen molar-refractivity contribution in [3.05, 3.63) is 290 Å². The van der Waals surface area contributed by atoms with Gasteiger partial charge in [-0.2, -0.15) is 0 Å². The number of benzene rings is 12. The van der Waals surface area contributed by atoms with E-state index in [1.807, 2.05) is 0 Å². The highest BCUT2D eigenvalue weighted by atomic mass is 15.2. The Bertz CT molecular complexity index is 4510. The Labute approximate surface area is 494 Å². The van der Waals surface area contributed by atoms with Gasteiger partial charge in [0.15, 0.2) is 0 Å². The molecule has 0 N–H and O–H groups in total. The van der Waals surface area contributed by atoms with Gasteiger partial charge in [-0.3, -0.25) is 0 Å². The number of anilines is 6. The fourth-order valence-corrected chi connectivity index (χ4v) is 13.7. The van der Waals surface area contributed by atoms with Crippen molar-refractivity contribution >= 4 is 79.0 Å². The summed E-state index contributed by atoms with van der Waals surface area (Å²) >= 11 is 0. The van der Waals surface area contributed by atoms with Gasteiger partial charge < -0.3 is 14.4 Å². The van der Waals surface area contributed by atoms with E-state index in [0.717, 1.165) is 36.3 Å². The molecule has 0 fully saturated rings. The topological polar surface area (TPSA) is 11.4 Å². The monoisotopic (exact) mass is 1080 g/mol. The minimum Gasteiger partial charge on any atom is -0.311 e. The molecule has 13 aromatic rings. The average molecular weight is 1080 g/mol. The molecule has 4 heteroatoms. The van der Waals surface area contributed by atoms with E-state index in [0.29, 0.717) is 0 Å². The summed E-state index contributed by atoms with van der Waals surface area (Å²) in [5, 5.41) is 2.49. The first-order chi connectivity index (χ1) is 41.3. The number of para-hydroxylation sites is 3. The molecule has 0 aliphatic carbocycles. The maximum atomic E-state index is 2.72. The number of aryl methyl sites for hydroxylation is 1. The molecule has 15 rings (SSSR count). The van der Waals surface area contributed by atoms with Crippen molar-refractivity contribution in [1.82, 2.24) is 4.57 Å². The van der Waals surface area contributed by atoms with Crippen molar-refractivity contribution in [2.75, 3.05) is 9.80 Å². The molecule has 3 heterocycles. The predicted molar refractivity (Wildman–Crippen MR) is 359 cm³/mol. The van der Waals surface area contributed by atoms with Gasteiger partial charge in [-0.1, -0.05) is 259 Å². The number of hydrogen-bond donors (Lipinski definition) is 0. The number of hydrogen-bond acceptors (Lipinski definition) is 2. The molecule has 1 aromatic heterocycles. The van der Waals surface area contributed by atoms with Crippen molar-refractivity contribution in [3.8, 4) is 61.3 Å². The van der Waals surface area contributed by atoms with E-state index in [-0.39, 0.29) is 12.1 Å². The Hall–Kier alpha value is -9.90. The normalized spacial score (nSPS) is 12.6. The first-order valence-corrected chi connectivity index (χ1v) is 29.9.